The van der Waals surface area contributed by atoms with Crippen LogP contribution in [0.3, 0.4) is 0 Å². The molecule has 5 heteroatoms. The van der Waals surface area contributed by atoms with Gasteiger partial charge in [-0.05, 0) is 29.8 Å². The largest absolute Gasteiger partial charge is 0.493 e. The summed E-state index contributed by atoms with van der Waals surface area (Å²) in [4.78, 5) is 0. The number of methoxy groups -OCH3 is 2. The summed E-state index contributed by atoms with van der Waals surface area (Å²) in [6.07, 6.45) is 1.07. The van der Waals surface area contributed by atoms with Gasteiger partial charge in [-0.3, -0.25) is 0 Å². The first-order valence-corrected chi connectivity index (χ1v) is 10.3. The lowest BCUT2D eigenvalue weighted by Crippen LogP contribution is -2.67. The van der Waals surface area contributed by atoms with Gasteiger partial charge in [0.2, 0.25) is 0 Å². The highest BCUT2D eigenvalue weighted by Gasteiger charge is 2.56. The predicted molar refractivity (Wildman–Crippen MR) is 108 cm³/mol. The van der Waals surface area contributed by atoms with Gasteiger partial charge in [-0.15, -0.1) is 11.6 Å². The molecule has 1 saturated heterocycles. The molecule has 0 unspecified atom stereocenters. The van der Waals surface area contributed by atoms with Crippen LogP contribution >= 0.6 is 27.5 Å². The number of rotatable bonds is 5. The Kier molecular flexibility index (Phi) is 4.93. The summed E-state index contributed by atoms with van der Waals surface area (Å²) >= 11 is 9.87. The first-order chi connectivity index (χ1) is 12.6. The van der Waals surface area contributed by atoms with Crippen LogP contribution in [0.15, 0.2) is 40.9 Å². The van der Waals surface area contributed by atoms with Crippen molar-refractivity contribution in [3.63, 3.8) is 0 Å². The molecule has 0 aliphatic carbocycles. The van der Waals surface area contributed by atoms with E-state index in [-0.39, 0.29) is 0 Å². The highest BCUT2D eigenvalue weighted by Crippen LogP contribution is 2.53. The Hall–Kier alpha value is -1.23. The van der Waals surface area contributed by atoms with Gasteiger partial charge in [-0.1, -0.05) is 28.1 Å². The first kappa shape index (κ1) is 18.1. The molecule has 2 aromatic rings. The van der Waals surface area contributed by atoms with E-state index < -0.39 is 0 Å². The van der Waals surface area contributed by atoms with E-state index in [0.717, 1.165) is 46.5 Å². The van der Waals surface area contributed by atoms with E-state index >= 15 is 0 Å². The van der Waals surface area contributed by atoms with E-state index in [1.54, 1.807) is 14.2 Å². The molecular formula is C21H24BrClNO2+. The number of nitrogens with zero attached hydrogens (tertiary/aromatic N) is 1. The van der Waals surface area contributed by atoms with Crippen LogP contribution in [0.1, 0.15) is 22.7 Å². The minimum Gasteiger partial charge on any atom is -0.493 e. The van der Waals surface area contributed by atoms with E-state index in [1.807, 2.05) is 0 Å². The predicted octanol–water partition coefficient (Wildman–Crippen LogP) is 4.95. The first-order valence-electron chi connectivity index (χ1n) is 9.01. The molecule has 2 aliphatic heterocycles. The maximum atomic E-state index is 6.34. The standard InChI is InChI=1S/C21H24BrClNO2/c1-25-19-9-15-7-8-24(12-14-3-5-17(22)6-4-14)13-16(11-23)21(24)18(15)10-20(19)26-2/h3-6,9-10,16,21H,7-8,11-13H2,1-2H3/q+1/t16-,21-,24+/m1/s1. The lowest BCUT2D eigenvalue weighted by Gasteiger charge is -2.59. The third-order valence-corrected chi connectivity index (χ3v) is 6.96. The second kappa shape index (κ2) is 7.06. The summed E-state index contributed by atoms with van der Waals surface area (Å²) in [5, 5.41) is 0. The van der Waals surface area contributed by atoms with Crippen molar-refractivity contribution in [2.75, 3.05) is 33.2 Å². The average molecular weight is 438 g/mol. The third-order valence-electron chi connectivity index (χ3n) is 6.03. The van der Waals surface area contributed by atoms with Crippen LogP contribution < -0.4 is 9.47 Å². The monoisotopic (exact) mass is 436 g/mol. The zero-order valence-corrected chi connectivity index (χ0v) is 17.5. The molecule has 2 aliphatic rings. The van der Waals surface area contributed by atoms with Crippen LogP contribution in [-0.2, 0) is 13.0 Å². The Labute approximate surface area is 168 Å². The summed E-state index contributed by atoms with van der Waals surface area (Å²) in [5.41, 5.74) is 4.16. The van der Waals surface area contributed by atoms with Gasteiger partial charge in [0.05, 0.1) is 33.2 Å². The molecule has 4 rings (SSSR count). The van der Waals surface area contributed by atoms with E-state index in [9.17, 15) is 0 Å². The van der Waals surface area contributed by atoms with Crippen LogP contribution in [-0.4, -0.2) is 37.7 Å². The van der Waals surface area contributed by atoms with E-state index in [4.69, 9.17) is 21.1 Å². The lowest BCUT2D eigenvalue weighted by atomic mass is 9.74. The highest BCUT2D eigenvalue weighted by molar-refractivity contribution is 9.10. The summed E-state index contributed by atoms with van der Waals surface area (Å²) in [6, 6.07) is 13.5. The van der Waals surface area contributed by atoms with Crippen LogP contribution in [0, 0.1) is 5.92 Å². The van der Waals surface area contributed by atoms with E-state index in [0.29, 0.717) is 17.8 Å². The molecule has 0 radical (unpaired) electrons. The number of benzene rings is 2. The topological polar surface area (TPSA) is 18.5 Å². The SMILES string of the molecule is COc1cc2c(cc1OC)[C@H]1[C@H](CCl)C[N@@+]1(Cc1ccc(Br)cc1)CC2. The van der Waals surface area contributed by atoms with Crippen molar-refractivity contribution in [1.29, 1.82) is 0 Å². The molecule has 0 aromatic heterocycles. The van der Waals surface area contributed by atoms with Gasteiger partial charge in [0.1, 0.15) is 12.6 Å². The van der Waals surface area contributed by atoms with Crippen LogP contribution in [0.5, 0.6) is 11.5 Å². The van der Waals surface area contributed by atoms with Gasteiger partial charge in [0, 0.05) is 27.9 Å². The maximum absolute atomic E-state index is 6.34. The lowest BCUT2D eigenvalue weighted by molar-refractivity contribution is -1.02. The van der Waals surface area contributed by atoms with Crippen molar-refractivity contribution in [1.82, 2.24) is 0 Å². The summed E-state index contributed by atoms with van der Waals surface area (Å²) < 4.78 is 13.3. The number of hydrogen-bond acceptors (Lipinski definition) is 2. The second-order valence-corrected chi connectivity index (χ2v) is 8.65. The number of alkyl halides is 1. The smallest absolute Gasteiger partial charge is 0.161 e. The number of quaternary nitrogens is 1. The van der Waals surface area contributed by atoms with Crippen LogP contribution in [0.4, 0.5) is 0 Å². The van der Waals surface area contributed by atoms with Crippen molar-refractivity contribution >= 4 is 27.5 Å². The Morgan fingerprint density at radius 3 is 2.46 bits per heavy atom. The number of ether oxygens (including phenoxy) is 2. The van der Waals surface area contributed by atoms with Gasteiger partial charge < -0.3 is 14.0 Å². The maximum Gasteiger partial charge on any atom is 0.161 e. The van der Waals surface area contributed by atoms with Gasteiger partial charge in [0.15, 0.2) is 11.5 Å². The van der Waals surface area contributed by atoms with Crippen LogP contribution in [0.25, 0.3) is 0 Å². The van der Waals surface area contributed by atoms with Crippen molar-refractivity contribution in [2.24, 2.45) is 5.92 Å². The van der Waals surface area contributed by atoms with E-state index in [2.05, 4.69) is 52.3 Å². The third kappa shape index (κ3) is 2.92. The molecule has 0 amide bonds. The Morgan fingerprint density at radius 1 is 1.12 bits per heavy atom. The summed E-state index contributed by atoms with van der Waals surface area (Å²) in [5.74, 6) is 2.86. The van der Waals surface area contributed by atoms with Gasteiger partial charge in [0.25, 0.3) is 0 Å². The molecule has 0 N–H and O–H groups in total. The Bertz CT molecular complexity index is 810. The zero-order chi connectivity index (χ0) is 18.3. The number of hydrogen-bond donors (Lipinski definition) is 0. The molecule has 0 spiro atoms. The zero-order valence-electron chi connectivity index (χ0n) is 15.2. The molecule has 3 atom stereocenters. The number of halogens is 2. The van der Waals surface area contributed by atoms with Gasteiger partial charge in [-0.2, -0.15) is 0 Å². The molecule has 138 valence electrons. The molecule has 3 nitrogen and oxygen atoms in total. The quantitative estimate of drug-likeness (QED) is 0.487. The fraction of sp³-hybridized carbons (Fsp3) is 0.429. The van der Waals surface area contributed by atoms with Gasteiger partial charge >= 0.3 is 0 Å². The van der Waals surface area contributed by atoms with Crippen molar-refractivity contribution < 1.29 is 14.0 Å². The fourth-order valence-electron chi connectivity index (χ4n) is 4.87. The van der Waals surface area contributed by atoms with Crippen LogP contribution in [0.2, 0.25) is 0 Å². The molecule has 1 fully saturated rings. The molecular weight excluding hydrogens is 414 g/mol. The summed E-state index contributed by atoms with van der Waals surface area (Å²) in [7, 11) is 3.41. The normalized spacial score (nSPS) is 26.5. The Balaban J connectivity index is 1.71. The van der Waals surface area contributed by atoms with E-state index in [1.165, 1.54) is 16.7 Å². The van der Waals surface area contributed by atoms with Gasteiger partial charge in [-0.25, -0.2) is 0 Å². The van der Waals surface area contributed by atoms with Crippen molar-refractivity contribution in [3.8, 4) is 11.5 Å². The van der Waals surface area contributed by atoms with Crippen molar-refractivity contribution in [3.05, 3.63) is 57.6 Å². The molecule has 26 heavy (non-hydrogen) atoms. The summed E-state index contributed by atoms with van der Waals surface area (Å²) in [6.45, 7) is 3.35. The minimum atomic E-state index is 0.444. The molecule has 2 aromatic carbocycles. The second-order valence-electron chi connectivity index (χ2n) is 7.42. The highest BCUT2D eigenvalue weighted by atomic mass is 79.9. The van der Waals surface area contributed by atoms with Crippen molar-refractivity contribution in [2.45, 2.75) is 19.0 Å². The molecule has 0 bridgehead atoms. The molecule has 0 saturated carbocycles. The fourth-order valence-corrected chi connectivity index (χ4v) is 5.40. The minimum absolute atomic E-state index is 0.444. The average Bonchev–Trinajstić information content (AvgIpc) is 2.64. The Morgan fingerprint density at radius 2 is 1.81 bits per heavy atom. The molecule has 2 heterocycles. The number of fused-ring (bicyclic) bond motifs is 3.